The zero-order chi connectivity index (χ0) is 23.4. The Hall–Kier alpha value is -3.41. The lowest BCUT2D eigenvalue weighted by Gasteiger charge is -2.22. The summed E-state index contributed by atoms with van der Waals surface area (Å²) in [5, 5.41) is 4.55. The van der Waals surface area contributed by atoms with Crippen molar-refractivity contribution in [1.29, 1.82) is 0 Å². The van der Waals surface area contributed by atoms with Gasteiger partial charge in [0.25, 0.3) is 5.91 Å². The van der Waals surface area contributed by atoms with Crippen molar-refractivity contribution in [2.45, 2.75) is 40.0 Å². The van der Waals surface area contributed by atoms with Crippen molar-refractivity contribution in [2.75, 3.05) is 19.7 Å². The van der Waals surface area contributed by atoms with E-state index >= 15 is 0 Å². The van der Waals surface area contributed by atoms with Gasteiger partial charge in [0.05, 0.1) is 18.0 Å². The normalized spacial score (nSPS) is 13.1. The summed E-state index contributed by atoms with van der Waals surface area (Å²) in [5.74, 6) is 0.275. The molecule has 6 nitrogen and oxygen atoms in total. The molecule has 2 aromatic carbocycles. The molecule has 172 valence electrons. The van der Waals surface area contributed by atoms with Gasteiger partial charge in [-0.2, -0.15) is 5.10 Å². The summed E-state index contributed by atoms with van der Waals surface area (Å²) in [7, 11) is 0. The fourth-order valence-electron chi connectivity index (χ4n) is 4.02. The summed E-state index contributed by atoms with van der Waals surface area (Å²) < 4.78 is 6.92. The fraction of sp³-hybridized carbons (Fsp3) is 0.370. The van der Waals surface area contributed by atoms with Crippen LogP contribution >= 0.6 is 0 Å². The van der Waals surface area contributed by atoms with E-state index in [1.54, 1.807) is 17.7 Å². The molecule has 33 heavy (non-hydrogen) atoms. The van der Waals surface area contributed by atoms with E-state index in [0.29, 0.717) is 11.5 Å². The van der Waals surface area contributed by atoms with Crippen LogP contribution in [-0.4, -0.2) is 46.3 Å². The third-order valence-electron chi connectivity index (χ3n) is 5.93. The SMILES string of the molecule is CCCN(CC1CC1)C(=O)c1ccc(-n2nc(C(=O)OCC)cc2-c2ccccc2C)cc1. The highest BCUT2D eigenvalue weighted by molar-refractivity contribution is 5.94. The first-order valence-electron chi connectivity index (χ1n) is 11.7. The van der Waals surface area contributed by atoms with Gasteiger partial charge in [-0.05, 0) is 74.9 Å². The minimum atomic E-state index is -0.451. The summed E-state index contributed by atoms with van der Waals surface area (Å²) in [4.78, 5) is 27.4. The molecule has 0 atom stereocenters. The molecule has 1 aromatic heterocycles. The van der Waals surface area contributed by atoms with Crippen LogP contribution in [0.3, 0.4) is 0 Å². The molecule has 1 aliphatic rings. The Balaban J connectivity index is 1.67. The molecule has 1 fully saturated rings. The van der Waals surface area contributed by atoms with E-state index < -0.39 is 5.97 Å². The lowest BCUT2D eigenvalue weighted by Crippen LogP contribution is -2.33. The molecular formula is C27H31N3O3. The summed E-state index contributed by atoms with van der Waals surface area (Å²) in [6, 6.07) is 17.2. The second-order valence-corrected chi connectivity index (χ2v) is 8.60. The van der Waals surface area contributed by atoms with Gasteiger partial charge in [-0.3, -0.25) is 4.79 Å². The number of esters is 1. The van der Waals surface area contributed by atoms with Gasteiger partial charge in [0.15, 0.2) is 5.69 Å². The van der Waals surface area contributed by atoms with E-state index in [0.717, 1.165) is 42.0 Å². The predicted molar refractivity (Wildman–Crippen MR) is 129 cm³/mol. The molecule has 6 heteroatoms. The molecule has 0 radical (unpaired) electrons. The van der Waals surface area contributed by atoms with Gasteiger partial charge in [-0.1, -0.05) is 31.2 Å². The lowest BCUT2D eigenvalue weighted by atomic mass is 10.1. The van der Waals surface area contributed by atoms with Crippen LogP contribution < -0.4 is 0 Å². The third-order valence-corrected chi connectivity index (χ3v) is 5.93. The number of benzene rings is 2. The predicted octanol–water partition coefficient (Wildman–Crippen LogP) is 5.29. The van der Waals surface area contributed by atoms with E-state index in [9.17, 15) is 9.59 Å². The van der Waals surface area contributed by atoms with Crippen molar-refractivity contribution in [2.24, 2.45) is 5.92 Å². The molecule has 1 amide bonds. The fourth-order valence-corrected chi connectivity index (χ4v) is 4.02. The quantitative estimate of drug-likeness (QED) is 0.420. The largest absolute Gasteiger partial charge is 0.461 e. The first-order chi connectivity index (χ1) is 16.0. The summed E-state index contributed by atoms with van der Waals surface area (Å²) in [5.41, 5.74) is 4.58. The topological polar surface area (TPSA) is 64.4 Å². The van der Waals surface area contributed by atoms with Gasteiger partial charge in [0, 0.05) is 24.2 Å². The highest BCUT2D eigenvalue weighted by Crippen LogP contribution is 2.31. The number of carbonyl (C=O) groups is 2. The summed E-state index contributed by atoms with van der Waals surface area (Å²) in [6.07, 6.45) is 3.38. The molecule has 1 aliphatic carbocycles. The minimum absolute atomic E-state index is 0.0714. The van der Waals surface area contributed by atoms with Crippen LogP contribution in [0, 0.1) is 12.8 Å². The molecule has 3 aromatic rings. The summed E-state index contributed by atoms with van der Waals surface area (Å²) >= 11 is 0. The average Bonchev–Trinajstić information content (AvgIpc) is 3.53. The second kappa shape index (κ2) is 10.0. The van der Waals surface area contributed by atoms with Gasteiger partial charge >= 0.3 is 5.97 Å². The molecule has 1 saturated carbocycles. The maximum Gasteiger partial charge on any atom is 0.358 e. The minimum Gasteiger partial charge on any atom is -0.461 e. The van der Waals surface area contributed by atoms with Crippen LogP contribution in [0.15, 0.2) is 54.6 Å². The van der Waals surface area contributed by atoms with Crippen LogP contribution in [0.25, 0.3) is 16.9 Å². The van der Waals surface area contributed by atoms with Crippen molar-refractivity contribution < 1.29 is 14.3 Å². The van der Waals surface area contributed by atoms with Crippen molar-refractivity contribution in [1.82, 2.24) is 14.7 Å². The molecule has 4 rings (SSSR count). The van der Waals surface area contributed by atoms with Gasteiger partial charge < -0.3 is 9.64 Å². The molecule has 0 N–H and O–H groups in total. The lowest BCUT2D eigenvalue weighted by molar-refractivity contribution is 0.0518. The highest BCUT2D eigenvalue weighted by Gasteiger charge is 2.27. The molecule has 0 spiro atoms. The number of rotatable bonds is 9. The van der Waals surface area contributed by atoms with E-state index in [-0.39, 0.29) is 18.2 Å². The van der Waals surface area contributed by atoms with Gasteiger partial charge in [0.2, 0.25) is 0 Å². The standard InChI is InChI=1S/C27H31N3O3/c1-4-16-29(18-20-10-11-20)26(31)21-12-14-22(15-13-21)30-25(23-9-7-6-8-19(23)3)17-24(28-30)27(32)33-5-2/h6-9,12-15,17,20H,4-5,10-11,16,18H2,1-3H3. The van der Waals surface area contributed by atoms with E-state index in [1.807, 2.05) is 60.4 Å². The molecule has 0 saturated heterocycles. The molecule has 1 heterocycles. The van der Waals surface area contributed by atoms with Crippen LogP contribution in [0.4, 0.5) is 0 Å². The molecule has 0 unspecified atom stereocenters. The van der Waals surface area contributed by atoms with Crippen LogP contribution in [0.2, 0.25) is 0 Å². The van der Waals surface area contributed by atoms with Gasteiger partial charge in [-0.15, -0.1) is 0 Å². The number of carbonyl (C=O) groups excluding carboxylic acids is 2. The maximum absolute atomic E-state index is 13.1. The Morgan fingerprint density at radius 1 is 1.09 bits per heavy atom. The van der Waals surface area contributed by atoms with Crippen molar-refractivity contribution in [3.8, 4) is 16.9 Å². The Morgan fingerprint density at radius 2 is 1.82 bits per heavy atom. The van der Waals surface area contributed by atoms with Crippen molar-refractivity contribution in [3.63, 3.8) is 0 Å². The summed E-state index contributed by atoms with van der Waals surface area (Å²) in [6.45, 7) is 7.81. The highest BCUT2D eigenvalue weighted by atomic mass is 16.5. The number of nitrogens with zero attached hydrogens (tertiary/aromatic N) is 3. The number of ether oxygens (including phenoxy) is 1. The Bertz CT molecular complexity index is 1130. The Morgan fingerprint density at radius 3 is 2.45 bits per heavy atom. The number of aromatic nitrogens is 2. The molecular weight excluding hydrogens is 414 g/mol. The van der Waals surface area contributed by atoms with Crippen LogP contribution in [-0.2, 0) is 4.74 Å². The maximum atomic E-state index is 13.1. The van der Waals surface area contributed by atoms with Crippen molar-refractivity contribution in [3.05, 3.63) is 71.4 Å². The second-order valence-electron chi connectivity index (χ2n) is 8.60. The van der Waals surface area contributed by atoms with Gasteiger partial charge in [-0.25, -0.2) is 9.48 Å². The number of aryl methyl sites for hydroxylation is 1. The Kier molecular flexibility index (Phi) is 6.92. The molecule has 0 aliphatic heterocycles. The molecule has 0 bridgehead atoms. The average molecular weight is 446 g/mol. The van der Waals surface area contributed by atoms with Crippen molar-refractivity contribution >= 4 is 11.9 Å². The van der Waals surface area contributed by atoms with E-state index in [1.165, 1.54) is 12.8 Å². The monoisotopic (exact) mass is 445 g/mol. The number of amides is 1. The first kappa shape index (κ1) is 22.8. The number of hydrogen-bond donors (Lipinski definition) is 0. The van der Waals surface area contributed by atoms with Crippen LogP contribution in [0.5, 0.6) is 0 Å². The van der Waals surface area contributed by atoms with E-state index in [4.69, 9.17) is 4.74 Å². The zero-order valence-electron chi connectivity index (χ0n) is 19.6. The smallest absolute Gasteiger partial charge is 0.358 e. The zero-order valence-corrected chi connectivity index (χ0v) is 19.6. The van der Waals surface area contributed by atoms with E-state index in [2.05, 4.69) is 12.0 Å². The Labute approximate surface area is 195 Å². The third kappa shape index (κ3) is 5.16. The first-order valence-corrected chi connectivity index (χ1v) is 11.7. The van der Waals surface area contributed by atoms with Gasteiger partial charge in [0.1, 0.15) is 0 Å². The number of hydrogen-bond acceptors (Lipinski definition) is 4. The van der Waals surface area contributed by atoms with Crippen LogP contribution in [0.1, 0.15) is 59.5 Å².